The van der Waals surface area contributed by atoms with E-state index in [4.69, 9.17) is 0 Å². The summed E-state index contributed by atoms with van der Waals surface area (Å²) in [6.07, 6.45) is 41.2. The van der Waals surface area contributed by atoms with Gasteiger partial charge in [0.25, 0.3) is 0 Å². The molecule has 0 atom stereocenters. The summed E-state index contributed by atoms with van der Waals surface area (Å²) in [6.45, 7) is 108. The van der Waals surface area contributed by atoms with Crippen molar-refractivity contribution in [3.63, 3.8) is 0 Å². The van der Waals surface area contributed by atoms with E-state index in [0.29, 0.717) is 86.6 Å². The third-order valence-corrected chi connectivity index (χ3v) is 25.7. The van der Waals surface area contributed by atoms with Gasteiger partial charge in [-0.3, -0.25) is 0 Å². The molecule has 0 unspecified atom stereocenters. The Hall–Kier alpha value is 0. The number of rotatable bonds is 30. The molecule has 0 radical (unpaired) electrons. The highest BCUT2D eigenvalue weighted by Crippen LogP contribution is 2.47. The third-order valence-electron chi connectivity index (χ3n) is 25.7. The van der Waals surface area contributed by atoms with E-state index in [2.05, 4.69) is 318 Å². The van der Waals surface area contributed by atoms with Crippen molar-refractivity contribution in [2.24, 2.45) is 86.6 Å². The zero-order valence-electron chi connectivity index (χ0n) is 75.2. The molecular weight excluding hydrogens is 1110 g/mol. The smallest absolute Gasteiger partial charge is 0.0306 e. The van der Waals surface area contributed by atoms with Crippen molar-refractivity contribution in [2.75, 3.05) is 0 Å². The van der Waals surface area contributed by atoms with Crippen LogP contribution >= 0.6 is 0 Å². The fourth-order valence-corrected chi connectivity index (χ4v) is 9.52. The normalized spacial score (nSPS) is 13.8. The van der Waals surface area contributed by atoms with Crippen LogP contribution in [-0.4, -0.2) is 0 Å². The Morgan fingerprint density at radius 2 is 0.228 bits per heavy atom. The van der Waals surface area contributed by atoms with E-state index in [1.54, 1.807) is 0 Å². The van der Waals surface area contributed by atoms with Crippen molar-refractivity contribution in [2.45, 2.75) is 511 Å². The molecule has 0 amide bonds. The van der Waals surface area contributed by atoms with Crippen molar-refractivity contribution in [3.05, 3.63) is 0 Å². The molecule has 0 aromatic heterocycles. The minimum Gasteiger partial charge on any atom is -0.0654 e. The van der Waals surface area contributed by atoms with Crippen molar-refractivity contribution in [1.29, 1.82) is 0 Å². The maximum Gasteiger partial charge on any atom is -0.0306 e. The Morgan fingerprint density at radius 1 is 0.120 bits per heavy atom. The van der Waals surface area contributed by atoms with Gasteiger partial charge in [-0.2, -0.15) is 0 Å². The Labute approximate surface area is 594 Å². The molecule has 0 aliphatic rings. The highest BCUT2D eigenvalue weighted by Gasteiger charge is 2.37. The molecular formula is C92H198. The lowest BCUT2D eigenvalue weighted by atomic mass is 9.66. The SMILES string of the molecule is CC(C)(C)CCCC(C)(C)C(C)(C)C.CC(C)(C)CCCCC(C)(C)C(C)(C)C.CCCCCC(C)(C)C(C)(C)C.CCCCCC(C)(C)C(C)(C)C.CCCCCCC(C)(C)C(C)(C)C.CCCCCCC(C)(C)C(C)(C)C.CCCCCCC(C)(C)C(C)(C)C. The first kappa shape index (κ1) is 105. The predicted octanol–water partition coefficient (Wildman–Crippen LogP) is 35.3. The molecule has 0 heteroatoms. The first-order valence-corrected chi connectivity index (χ1v) is 40.5. The largest absolute Gasteiger partial charge is 0.0654 e. The van der Waals surface area contributed by atoms with Crippen LogP contribution in [0, 0.1) is 86.6 Å². The fourth-order valence-electron chi connectivity index (χ4n) is 9.52. The van der Waals surface area contributed by atoms with Gasteiger partial charge in [-0.25, -0.2) is 0 Å². The summed E-state index contributed by atoms with van der Waals surface area (Å²) in [7, 11) is 0. The molecule has 0 rings (SSSR count). The van der Waals surface area contributed by atoms with Crippen LogP contribution in [0.3, 0.4) is 0 Å². The highest BCUT2D eigenvalue weighted by molar-refractivity contribution is 4.87. The third kappa shape index (κ3) is 55.8. The fraction of sp³-hybridized carbons (Fsp3) is 1.00. The number of unbranched alkanes of at least 4 members (excludes halogenated alkanes) is 14. The molecule has 0 aliphatic carbocycles. The summed E-state index contributed by atoms with van der Waals surface area (Å²) in [5.41, 5.74) is 7.42. The first-order chi connectivity index (χ1) is 40.5. The molecule has 0 bridgehead atoms. The molecule has 0 saturated carbocycles. The van der Waals surface area contributed by atoms with Crippen molar-refractivity contribution < 1.29 is 0 Å². The monoisotopic (exact) mass is 1300 g/mol. The number of hydrogen-bond acceptors (Lipinski definition) is 0. The van der Waals surface area contributed by atoms with Gasteiger partial charge in [0, 0.05) is 0 Å². The molecule has 0 aliphatic heterocycles. The second-order valence-corrected chi connectivity index (χ2v) is 44.5. The van der Waals surface area contributed by atoms with Gasteiger partial charge in [0.2, 0.25) is 0 Å². The van der Waals surface area contributed by atoms with Gasteiger partial charge in [-0.1, -0.05) is 453 Å². The molecule has 0 N–H and O–H groups in total. The Morgan fingerprint density at radius 3 is 0.370 bits per heavy atom. The lowest BCUT2D eigenvalue weighted by molar-refractivity contribution is 0.111. The highest BCUT2D eigenvalue weighted by atomic mass is 14.4. The first-order valence-electron chi connectivity index (χ1n) is 40.5. The van der Waals surface area contributed by atoms with Crippen LogP contribution in [-0.2, 0) is 0 Å². The summed E-state index contributed by atoms with van der Waals surface area (Å²) >= 11 is 0. The summed E-state index contributed by atoms with van der Waals surface area (Å²) in [6, 6.07) is 0. The molecule has 0 aromatic rings. The van der Waals surface area contributed by atoms with Crippen molar-refractivity contribution >= 4 is 0 Å². The van der Waals surface area contributed by atoms with Gasteiger partial charge in [-0.15, -0.1) is 0 Å². The predicted molar refractivity (Wildman–Crippen MR) is 438 cm³/mol. The van der Waals surface area contributed by atoms with Gasteiger partial charge in [0.1, 0.15) is 0 Å². The summed E-state index contributed by atoms with van der Waals surface area (Å²) in [4.78, 5) is 0. The van der Waals surface area contributed by atoms with E-state index in [1.807, 2.05) is 0 Å². The maximum atomic E-state index is 2.41. The zero-order valence-corrected chi connectivity index (χ0v) is 75.2. The number of hydrogen-bond donors (Lipinski definition) is 0. The average molecular weight is 1300 g/mol. The van der Waals surface area contributed by atoms with Gasteiger partial charge in [0.05, 0.1) is 0 Å². The van der Waals surface area contributed by atoms with Crippen molar-refractivity contribution in [3.8, 4) is 0 Å². The van der Waals surface area contributed by atoms with E-state index < -0.39 is 0 Å². The molecule has 0 nitrogen and oxygen atoms in total. The molecule has 566 valence electrons. The Kier molecular flexibility index (Phi) is 53.2. The van der Waals surface area contributed by atoms with Crippen LogP contribution < -0.4 is 0 Å². The van der Waals surface area contributed by atoms with Crippen LogP contribution in [0.15, 0.2) is 0 Å². The van der Waals surface area contributed by atoms with Crippen LogP contribution in [0.1, 0.15) is 511 Å². The van der Waals surface area contributed by atoms with Crippen LogP contribution in [0.25, 0.3) is 0 Å². The minimum atomic E-state index is 0.422. The van der Waals surface area contributed by atoms with Gasteiger partial charge in [-0.05, 0) is 144 Å². The second kappa shape index (κ2) is 46.4. The summed E-state index contributed by atoms with van der Waals surface area (Å²) in [5, 5.41) is 0. The quantitative estimate of drug-likeness (QED) is 0.0629. The minimum absolute atomic E-state index is 0.422. The molecule has 0 saturated heterocycles. The van der Waals surface area contributed by atoms with E-state index in [1.165, 1.54) is 193 Å². The topological polar surface area (TPSA) is 0 Å². The van der Waals surface area contributed by atoms with E-state index in [9.17, 15) is 0 Å². The van der Waals surface area contributed by atoms with E-state index in [-0.39, 0.29) is 0 Å². The lowest BCUT2D eigenvalue weighted by Gasteiger charge is -2.39. The average Bonchev–Trinajstić information content (AvgIpc) is 0.968. The van der Waals surface area contributed by atoms with Crippen LogP contribution in [0.5, 0.6) is 0 Å². The standard InChI is InChI=1S/C15H32.C14H30.3C13H28.2C12H26/c1-13(2,3)11-9-10-12-15(7,8)14(4,5)6;1-12(2,3)10-9-11-14(7,8)13(4,5)6;3*1-7-8-9-10-11-13(5,6)12(2,3)4;2*1-7-8-9-10-12(5,6)11(2,3)4/h9-12H2,1-8H3;9-11H2,1-8H3;3*7-11H2,1-6H3;2*7-10H2,1-6H3. The Balaban J connectivity index is -0.000000183. The van der Waals surface area contributed by atoms with Gasteiger partial charge < -0.3 is 0 Å². The van der Waals surface area contributed by atoms with Gasteiger partial charge in [0.15, 0.2) is 0 Å². The van der Waals surface area contributed by atoms with E-state index in [0.717, 1.165) is 0 Å². The molecule has 0 spiro atoms. The molecule has 92 heavy (non-hydrogen) atoms. The van der Waals surface area contributed by atoms with Crippen molar-refractivity contribution in [1.82, 2.24) is 0 Å². The van der Waals surface area contributed by atoms with E-state index >= 15 is 0 Å². The van der Waals surface area contributed by atoms with Crippen LogP contribution in [0.2, 0.25) is 0 Å². The lowest BCUT2D eigenvalue weighted by Crippen LogP contribution is -2.29. The molecule has 0 aromatic carbocycles. The molecule has 0 fully saturated rings. The van der Waals surface area contributed by atoms with Crippen LogP contribution in [0.4, 0.5) is 0 Å². The van der Waals surface area contributed by atoms with Gasteiger partial charge >= 0.3 is 0 Å². The summed E-state index contributed by atoms with van der Waals surface area (Å²) < 4.78 is 0. The second-order valence-electron chi connectivity index (χ2n) is 44.5. The summed E-state index contributed by atoms with van der Waals surface area (Å²) in [5.74, 6) is 0. The molecule has 0 heterocycles. The maximum absolute atomic E-state index is 2.41. The Bertz CT molecular complexity index is 1530. The zero-order chi connectivity index (χ0) is 75.2.